The van der Waals surface area contributed by atoms with E-state index >= 15 is 0 Å². The molecule has 15 heteroatoms. The summed E-state index contributed by atoms with van der Waals surface area (Å²) in [5.74, 6) is -1.73. The number of hydrogen-bond acceptors (Lipinski definition) is 8. The fourth-order valence-electron chi connectivity index (χ4n) is 4.50. The first-order valence-corrected chi connectivity index (χ1v) is 16.6. The molecule has 0 saturated carbocycles. The maximum Gasteiger partial charge on any atom is 0.409 e. The van der Waals surface area contributed by atoms with E-state index in [1.807, 2.05) is 6.92 Å². The van der Waals surface area contributed by atoms with Crippen molar-refractivity contribution < 1.29 is 38.3 Å². The molecule has 1 aromatic carbocycles. The molecule has 1 fully saturated rings. The first-order chi connectivity index (χ1) is 22.9. The molecule has 1 aliphatic rings. The fourth-order valence-corrected chi connectivity index (χ4v) is 4.50. The first-order valence-electron chi connectivity index (χ1n) is 16.6. The van der Waals surface area contributed by atoms with E-state index in [1.54, 1.807) is 31.3 Å². The second-order valence-electron chi connectivity index (χ2n) is 11.4. The molecule has 0 radical (unpaired) electrons. The fraction of sp³-hybridized carbons (Fsp3) is 0.606. The molecule has 1 atom stereocenters. The number of ether oxygens (including phenoxy) is 1. The second kappa shape index (κ2) is 23.6. The molecule has 15 nitrogen and oxygen atoms in total. The zero-order valence-corrected chi connectivity index (χ0v) is 28.7. The summed E-state index contributed by atoms with van der Waals surface area (Å²) in [5, 5.41) is 10.3. The third-order valence-corrected chi connectivity index (χ3v) is 6.96. The smallest absolute Gasteiger partial charge is 0.409 e. The van der Waals surface area contributed by atoms with Crippen LogP contribution >= 0.6 is 0 Å². The number of carbonyl (C=O) groups excluding carboxylic acids is 7. The van der Waals surface area contributed by atoms with Crippen LogP contribution in [0.4, 0.5) is 15.3 Å². The average Bonchev–Trinajstić information content (AvgIpc) is 3.37. The standard InChI is InChI=1S/C30H45N7O8.C3H8/c1-3-17-36(2)30(44)45-20-21-10-12-22(13-11-21)34-28(42)23(8-7-16-32-29(31)43)35-25(39)19-33-24(38)9-5-4-6-18-37-26(40)14-15-27(37)41;1-3-2/h10-13,23H,3-9,14-20H2,1-2H3,(H,33,38)(H,34,42)(H,35,39)(H3,31,32,43);3H2,1-2H3. The van der Waals surface area contributed by atoms with Gasteiger partial charge in [0.25, 0.3) is 0 Å². The quantitative estimate of drug-likeness (QED) is 0.108. The molecule has 0 bridgehead atoms. The molecule has 6 N–H and O–H groups in total. The van der Waals surface area contributed by atoms with Gasteiger partial charge in [0, 0.05) is 51.6 Å². The predicted octanol–water partition coefficient (Wildman–Crippen LogP) is 2.78. The number of amides is 8. The lowest BCUT2D eigenvalue weighted by Gasteiger charge is -2.19. The van der Waals surface area contributed by atoms with Gasteiger partial charge in [-0.25, -0.2) is 9.59 Å². The Hall–Kier alpha value is -4.69. The van der Waals surface area contributed by atoms with E-state index in [9.17, 15) is 33.6 Å². The van der Waals surface area contributed by atoms with Gasteiger partial charge >= 0.3 is 12.1 Å². The van der Waals surface area contributed by atoms with Crippen molar-refractivity contribution in [2.24, 2.45) is 5.73 Å². The number of nitrogens with zero attached hydrogens (tertiary/aromatic N) is 2. The number of rotatable bonds is 19. The summed E-state index contributed by atoms with van der Waals surface area (Å²) in [6.07, 6.45) is 4.60. The molecular formula is C33H53N7O8. The Morgan fingerprint density at radius 2 is 1.56 bits per heavy atom. The Balaban J connectivity index is 0.00000369. The molecule has 8 amide bonds. The van der Waals surface area contributed by atoms with Gasteiger partial charge in [-0.1, -0.05) is 45.7 Å². The van der Waals surface area contributed by atoms with Gasteiger partial charge in [-0.15, -0.1) is 0 Å². The van der Waals surface area contributed by atoms with Crippen molar-refractivity contribution in [2.45, 2.75) is 97.6 Å². The number of unbranched alkanes of at least 4 members (excludes halogenated alkanes) is 2. The molecule has 268 valence electrons. The maximum atomic E-state index is 13.0. The summed E-state index contributed by atoms with van der Waals surface area (Å²) in [4.78, 5) is 86.8. The minimum Gasteiger partial charge on any atom is -0.445 e. The number of carbonyl (C=O) groups is 7. The Morgan fingerprint density at radius 1 is 0.917 bits per heavy atom. The zero-order chi connectivity index (χ0) is 35.9. The molecular weight excluding hydrogens is 622 g/mol. The topological polar surface area (TPSA) is 209 Å². The highest BCUT2D eigenvalue weighted by Gasteiger charge is 2.28. The van der Waals surface area contributed by atoms with Crippen LogP contribution in [0.3, 0.4) is 0 Å². The van der Waals surface area contributed by atoms with Gasteiger partial charge < -0.3 is 36.6 Å². The lowest BCUT2D eigenvalue weighted by molar-refractivity contribution is -0.138. The minimum atomic E-state index is -0.963. The highest BCUT2D eigenvalue weighted by atomic mass is 16.6. The van der Waals surface area contributed by atoms with Gasteiger partial charge in [0.1, 0.15) is 12.6 Å². The van der Waals surface area contributed by atoms with Crippen LogP contribution in [0, 0.1) is 0 Å². The molecule has 48 heavy (non-hydrogen) atoms. The normalized spacial score (nSPS) is 12.7. The lowest BCUT2D eigenvalue weighted by Crippen LogP contribution is -2.47. The molecule has 1 aliphatic heterocycles. The Kier molecular flexibility index (Phi) is 20.3. The van der Waals surface area contributed by atoms with Crippen molar-refractivity contribution in [3.8, 4) is 0 Å². The van der Waals surface area contributed by atoms with Gasteiger partial charge in [-0.3, -0.25) is 28.9 Å². The summed E-state index contributed by atoms with van der Waals surface area (Å²) >= 11 is 0. The number of urea groups is 1. The van der Waals surface area contributed by atoms with Crippen LogP contribution in [0.5, 0.6) is 0 Å². The van der Waals surface area contributed by atoms with Crippen LogP contribution in [-0.2, 0) is 35.3 Å². The minimum absolute atomic E-state index is 0.0685. The molecule has 1 aromatic rings. The summed E-state index contributed by atoms with van der Waals surface area (Å²) in [6, 6.07) is 5.03. The van der Waals surface area contributed by atoms with E-state index in [4.69, 9.17) is 10.5 Å². The molecule has 0 aliphatic carbocycles. The van der Waals surface area contributed by atoms with Crippen molar-refractivity contribution in [1.29, 1.82) is 0 Å². The van der Waals surface area contributed by atoms with Gasteiger partial charge in [0.05, 0.1) is 6.54 Å². The number of benzene rings is 1. The third-order valence-electron chi connectivity index (χ3n) is 6.96. The number of primary amides is 1. The second-order valence-corrected chi connectivity index (χ2v) is 11.4. The lowest BCUT2D eigenvalue weighted by atomic mass is 10.1. The SMILES string of the molecule is CCC.CCCN(C)C(=O)OCc1ccc(NC(=O)C(CCCNC(N)=O)NC(=O)CNC(=O)CCCCCN2C(=O)CCC2=O)cc1. The van der Waals surface area contributed by atoms with Crippen molar-refractivity contribution in [2.75, 3.05) is 38.5 Å². The number of hydrogen-bond donors (Lipinski definition) is 5. The monoisotopic (exact) mass is 675 g/mol. The number of likely N-dealkylation sites (tertiary alicyclic amines) is 1. The van der Waals surface area contributed by atoms with Crippen LogP contribution in [0.1, 0.15) is 90.5 Å². The van der Waals surface area contributed by atoms with E-state index < -0.39 is 30.0 Å². The number of nitrogens with two attached hydrogens (primary N) is 1. The van der Waals surface area contributed by atoms with E-state index in [1.165, 1.54) is 16.2 Å². The number of anilines is 1. The van der Waals surface area contributed by atoms with Crippen LogP contribution < -0.4 is 27.0 Å². The van der Waals surface area contributed by atoms with Crippen LogP contribution in [0.25, 0.3) is 0 Å². The summed E-state index contributed by atoms with van der Waals surface area (Å²) in [5.41, 5.74) is 6.27. The highest BCUT2D eigenvalue weighted by molar-refractivity contribution is 6.02. The highest BCUT2D eigenvalue weighted by Crippen LogP contribution is 2.14. The molecule has 1 unspecified atom stereocenters. The van der Waals surface area contributed by atoms with Crippen molar-refractivity contribution >= 4 is 47.3 Å². The van der Waals surface area contributed by atoms with Crippen LogP contribution in [-0.4, -0.2) is 90.7 Å². The van der Waals surface area contributed by atoms with Crippen molar-refractivity contribution in [3.63, 3.8) is 0 Å². The molecule has 0 spiro atoms. The average molecular weight is 676 g/mol. The summed E-state index contributed by atoms with van der Waals surface area (Å²) in [7, 11) is 1.66. The predicted molar refractivity (Wildman–Crippen MR) is 180 cm³/mol. The van der Waals surface area contributed by atoms with E-state index in [-0.39, 0.29) is 63.1 Å². The third kappa shape index (κ3) is 17.3. The molecule has 1 saturated heterocycles. The zero-order valence-electron chi connectivity index (χ0n) is 28.7. The Labute approximate surface area is 283 Å². The van der Waals surface area contributed by atoms with E-state index in [0.29, 0.717) is 44.5 Å². The molecule has 0 aromatic heterocycles. The number of nitrogens with one attached hydrogen (secondary N) is 4. The number of imide groups is 1. The van der Waals surface area contributed by atoms with Gasteiger partial charge in [-0.2, -0.15) is 0 Å². The Bertz CT molecular complexity index is 1190. The van der Waals surface area contributed by atoms with E-state index in [0.717, 1.165) is 12.0 Å². The maximum absolute atomic E-state index is 13.0. The Morgan fingerprint density at radius 3 is 2.17 bits per heavy atom. The largest absolute Gasteiger partial charge is 0.445 e. The van der Waals surface area contributed by atoms with Crippen molar-refractivity contribution in [1.82, 2.24) is 25.8 Å². The summed E-state index contributed by atoms with van der Waals surface area (Å²) in [6.45, 7) is 7.07. The molecule has 1 heterocycles. The first kappa shape index (κ1) is 41.3. The van der Waals surface area contributed by atoms with Gasteiger partial charge in [0.2, 0.25) is 29.5 Å². The molecule has 2 rings (SSSR count). The van der Waals surface area contributed by atoms with Gasteiger partial charge in [0.15, 0.2) is 0 Å². The van der Waals surface area contributed by atoms with Gasteiger partial charge in [-0.05, 0) is 49.8 Å². The van der Waals surface area contributed by atoms with E-state index in [2.05, 4.69) is 35.1 Å². The van der Waals surface area contributed by atoms with Crippen LogP contribution in [0.2, 0.25) is 0 Å². The van der Waals surface area contributed by atoms with Crippen LogP contribution in [0.15, 0.2) is 24.3 Å². The summed E-state index contributed by atoms with van der Waals surface area (Å²) < 4.78 is 5.27. The van der Waals surface area contributed by atoms with Crippen molar-refractivity contribution in [3.05, 3.63) is 29.8 Å².